The van der Waals surface area contributed by atoms with E-state index < -0.39 is 5.97 Å². The molecule has 0 fully saturated rings. The minimum absolute atomic E-state index is 0.0742. The Balaban J connectivity index is 2.86. The topological polar surface area (TPSA) is 46.6 Å². The van der Waals surface area contributed by atoms with Crippen LogP contribution in [-0.2, 0) is 9.53 Å². The molecule has 0 saturated heterocycles. The summed E-state index contributed by atoms with van der Waals surface area (Å²) in [5.74, 6) is -0.680. The Morgan fingerprint density at radius 3 is 2.31 bits per heavy atom. The number of amides is 1. The zero-order valence-electron chi connectivity index (χ0n) is 9.07. The summed E-state index contributed by atoms with van der Waals surface area (Å²) in [6.07, 6.45) is 0. The molecule has 86 valence electrons. The quantitative estimate of drug-likeness (QED) is 0.598. The van der Waals surface area contributed by atoms with Gasteiger partial charge in [0.2, 0.25) is 5.91 Å². The lowest BCUT2D eigenvalue weighted by Gasteiger charge is -2.15. The number of hydrogen-bond donors (Lipinski definition) is 0. The largest absolute Gasteiger partial charge is 0.465 e. The molecule has 1 aromatic rings. The summed E-state index contributed by atoms with van der Waals surface area (Å²) in [5, 5.41) is 0. The average Bonchev–Trinajstić information content (AvgIpc) is 2.36. The van der Waals surface area contributed by atoms with Crippen molar-refractivity contribution in [2.75, 3.05) is 24.9 Å². The van der Waals surface area contributed by atoms with Crippen LogP contribution in [0.15, 0.2) is 24.3 Å². The number of carbonyl (C=O) groups is 2. The van der Waals surface area contributed by atoms with Gasteiger partial charge in [0, 0.05) is 12.7 Å². The number of rotatable bonds is 3. The Morgan fingerprint density at radius 1 is 1.31 bits per heavy atom. The zero-order chi connectivity index (χ0) is 12.1. The maximum atomic E-state index is 11.3. The number of methoxy groups -OCH3 is 1. The van der Waals surface area contributed by atoms with E-state index in [1.807, 2.05) is 0 Å². The van der Waals surface area contributed by atoms with E-state index in [4.69, 9.17) is 11.6 Å². The highest BCUT2D eigenvalue weighted by molar-refractivity contribution is 6.29. The van der Waals surface area contributed by atoms with Crippen molar-refractivity contribution in [1.29, 1.82) is 0 Å². The predicted molar refractivity (Wildman–Crippen MR) is 61.9 cm³/mol. The molecule has 0 aliphatic rings. The number of nitrogens with zero attached hydrogens (tertiary/aromatic N) is 1. The maximum absolute atomic E-state index is 11.3. The van der Waals surface area contributed by atoms with Gasteiger partial charge >= 0.3 is 5.97 Å². The normalized spacial score (nSPS) is 9.69. The molecule has 1 rings (SSSR count). The Hall–Kier alpha value is -1.55. The Labute approximate surface area is 98.8 Å². The van der Waals surface area contributed by atoms with Crippen molar-refractivity contribution in [3.05, 3.63) is 29.8 Å². The van der Waals surface area contributed by atoms with Crippen LogP contribution in [0.5, 0.6) is 0 Å². The monoisotopic (exact) mass is 241 g/mol. The number of alkyl halides is 1. The van der Waals surface area contributed by atoms with Crippen LogP contribution in [-0.4, -0.2) is 31.9 Å². The van der Waals surface area contributed by atoms with Gasteiger partial charge in [0.15, 0.2) is 0 Å². The molecule has 1 amide bonds. The molecule has 0 N–H and O–H groups in total. The molecule has 0 aliphatic heterocycles. The molecule has 0 aliphatic carbocycles. The molecule has 4 nitrogen and oxygen atoms in total. The number of halogens is 1. The van der Waals surface area contributed by atoms with E-state index in [1.165, 1.54) is 12.0 Å². The second kappa shape index (κ2) is 5.51. The molecule has 0 saturated carbocycles. The number of benzene rings is 1. The second-order valence-corrected chi connectivity index (χ2v) is 3.39. The summed E-state index contributed by atoms with van der Waals surface area (Å²) >= 11 is 5.44. The first-order chi connectivity index (χ1) is 7.60. The molecule has 0 heterocycles. The lowest BCUT2D eigenvalue weighted by Crippen LogP contribution is -2.27. The smallest absolute Gasteiger partial charge is 0.337 e. The van der Waals surface area contributed by atoms with E-state index >= 15 is 0 Å². The number of ether oxygens (including phenoxy) is 1. The third-order valence-electron chi connectivity index (χ3n) is 2.16. The summed E-state index contributed by atoms with van der Waals surface area (Å²) < 4.78 is 4.56. The van der Waals surface area contributed by atoms with Gasteiger partial charge in [-0.3, -0.25) is 4.79 Å². The van der Waals surface area contributed by atoms with Crippen molar-refractivity contribution in [3.63, 3.8) is 0 Å². The van der Waals surface area contributed by atoms with Crippen molar-refractivity contribution in [1.82, 2.24) is 0 Å². The van der Waals surface area contributed by atoms with Crippen LogP contribution in [0, 0.1) is 0 Å². The number of hydrogen-bond acceptors (Lipinski definition) is 3. The molecular weight excluding hydrogens is 230 g/mol. The first-order valence-corrected chi connectivity index (χ1v) is 5.14. The van der Waals surface area contributed by atoms with Crippen LogP contribution >= 0.6 is 11.6 Å². The summed E-state index contributed by atoms with van der Waals surface area (Å²) in [4.78, 5) is 23.9. The van der Waals surface area contributed by atoms with Gasteiger partial charge in [-0.1, -0.05) is 0 Å². The van der Waals surface area contributed by atoms with Crippen molar-refractivity contribution in [2.24, 2.45) is 0 Å². The average molecular weight is 242 g/mol. The lowest BCUT2D eigenvalue weighted by atomic mass is 10.2. The fraction of sp³-hybridized carbons (Fsp3) is 0.273. The summed E-state index contributed by atoms with van der Waals surface area (Å²) in [7, 11) is 2.94. The molecule has 0 spiro atoms. The maximum Gasteiger partial charge on any atom is 0.337 e. The highest BCUT2D eigenvalue weighted by atomic mass is 35.5. The van der Waals surface area contributed by atoms with Crippen LogP contribution < -0.4 is 4.90 Å². The zero-order valence-corrected chi connectivity index (χ0v) is 9.82. The van der Waals surface area contributed by atoms with Gasteiger partial charge in [0.25, 0.3) is 0 Å². The Bertz CT molecular complexity index is 389. The van der Waals surface area contributed by atoms with Gasteiger partial charge in [-0.15, -0.1) is 11.6 Å². The van der Waals surface area contributed by atoms with Crippen molar-refractivity contribution in [2.45, 2.75) is 0 Å². The second-order valence-electron chi connectivity index (χ2n) is 3.12. The van der Waals surface area contributed by atoms with Gasteiger partial charge in [-0.2, -0.15) is 0 Å². The molecule has 0 atom stereocenters. The van der Waals surface area contributed by atoms with Crippen LogP contribution in [0.1, 0.15) is 10.4 Å². The number of esters is 1. The van der Waals surface area contributed by atoms with Crippen molar-refractivity contribution in [3.8, 4) is 0 Å². The van der Waals surface area contributed by atoms with E-state index in [0.717, 1.165) is 0 Å². The van der Waals surface area contributed by atoms with E-state index in [0.29, 0.717) is 11.3 Å². The van der Waals surface area contributed by atoms with E-state index in [1.54, 1.807) is 31.3 Å². The fourth-order valence-corrected chi connectivity index (χ4v) is 1.35. The van der Waals surface area contributed by atoms with Gasteiger partial charge in [-0.25, -0.2) is 4.79 Å². The van der Waals surface area contributed by atoms with Gasteiger partial charge in [0.1, 0.15) is 5.88 Å². The summed E-state index contributed by atoms with van der Waals surface area (Å²) in [5.41, 5.74) is 1.12. The molecule has 5 heteroatoms. The Kier molecular flexibility index (Phi) is 4.31. The highest BCUT2D eigenvalue weighted by Crippen LogP contribution is 2.14. The highest BCUT2D eigenvalue weighted by Gasteiger charge is 2.10. The van der Waals surface area contributed by atoms with Crippen LogP contribution in [0.3, 0.4) is 0 Å². The minimum Gasteiger partial charge on any atom is -0.465 e. The van der Waals surface area contributed by atoms with E-state index in [-0.39, 0.29) is 11.8 Å². The molecule has 0 unspecified atom stereocenters. The molecule has 0 bridgehead atoms. The third kappa shape index (κ3) is 2.73. The number of carbonyl (C=O) groups excluding carboxylic acids is 2. The minimum atomic E-state index is -0.405. The molecule has 0 radical (unpaired) electrons. The third-order valence-corrected chi connectivity index (χ3v) is 2.39. The van der Waals surface area contributed by atoms with Gasteiger partial charge in [0.05, 0.1) is 12.7 Å². The van der Waals surface area contributed by atoms with Crippen molar-refractivity contribution < 1.29 is 14.3 Å². The number of anilines is 1. The Morgan fingerprint density at radius 2 is 1.88 bits per heavy atom. The predicted octanol–water partition coefficient (Wildman–Crippen LogP) is 1.67. The lowest BCUT2D eigenvalue weighted by molar-refractivity contribution is -0.116. The SMILES string of the molecule is COC(=O)c1ccc(N(C)C(=O)CCl)cc1. The molecule has 16 heavy (non-hydrogen) atoms. The summed E-state index contributed by atoms with van der Waals surface area (Å²) in [6.45, 7) is 0. The molecular formula is C11H12ClNO3. The standard InChI is InChI=1S/C11H12ClNO3/c1-13(10(14)7-12)9-5-3-8(4-6-9)11(15)16-2/h3-6H,7H2,1-2H3. The van der Waals surface area contributed by atoms with E-state index in [9.17, 15) is 9.59 Å². The van der Waals surface area contributed by atoms with Gasteiger partial charge in [-0.05, 0) is 24.3 Å². The summed E-state index contributed by atoms with van der Waals surface area (Å²) in [6, 6.07) is 6.52. The molecule has 1 aromatic carbocycles. The van der Waals surface area contributed by atoms with Crippen LogP contribution in [0.2, 0.25) is 0 Å². The first-order valence-electron chi connectivity index (χ1n) is 4.61. The van der Waals surface area contributed by atoms with Crippen LogP contribution in [0.25, 0.3) is 0 Å². The van der Waals surface area contributed by atoms with Crippen LogP contribution in [0.4, 0.5) is 5.69 Å². The molecule has 0 aromatic heterocycles. The fourth-order valence-electron chi connectivity index (χ4n) is 1.17. The van der Waals surface area contributed by atoms with Crippen molar-refractivity contribution >= 4 is 29.2 Å². The van der Waals surface area contributed by atoms with Gasteiger partial charge < -0.3 is 9.64 Å². The van der Waals surface area contributed by atoms with E-state index in [2.05, 4.69) is 4.74 Å². The first kappa shape index (κ1) is 12.5.